The van der Waals surface area contributed by atoms with Gasteiger partial charge in [0.1, 0.15) is 5.54 Å². The van der Waals surface area contributed by atoms with Crippen molar-refractivity contribution in [1.82, 2.24) is 25.6 Å². The van der Waals surface area contributed by atoms with Gasteiger partial charge in [0.15, 0.2) is 0 Å². The maximum Gasteiger partial charge on any atom is 0.344 e. The van der Waals surface area contributed by atoms with Gasteiger partial charge in [0.05, 0.1) is 6.54 Å². The molecule has 2 aliphatic heterocycles. The molecule has 1 atom stereocenters. The molecule has 3 fully saturated rings. The van der Waals surface area contributed by atoms with Crippen molar-refractivity contribution >= 4 is 23.8 Å². The molecule has 9 heteroatoms. The van der Waals surface area contributed by atoms with E-state index in [4.69, 9.17) is 0 Å². The minimum absolute atomic E-state index is 0.0625. The summed E-state index contributed by atoms with van der Waals surface area (Å²) in [6, 6.07) is 8.41. The quantitative estimate of drug-likeness (QED) is 0.635. The fourth-order valence-electron chi connectivity index (χ4n) is 5.14. The number of nitrogens with one attached hydrogen (secondary N) is 2. The first-order valence-electron chi connectivity index (χ1n) is 12.0. The lowest BCUT2D eigenvalue weighted by Gasteiger charge is -2.37. The van der Waals surface area contributed by atoms with Crippen LogP contribution < -0.4 is 10.7 Å². The summed E-state index contributed by atoms with van der Waals surface area (Å²) in [5.41, 5.74) is 1.98. The Morgan fingerprint density at radius 1 is 1.03 bits per heavy atom. The average molecular weight is 456 g/mol. The predicted molar refractivity (Wildman–Crippen MR) is 122 cm³/mol. The molecule has 1 unspecified atom stereocenters. The number of rotatable bonds is 6. The van der Waals surface area contributed by atoms with Crippen molar-refractivity contribution in [2.24, 2.45) is 5.92 Å². The Kier molecular flexibility index (Phi) is 6.97. The predicted octanol–water partition coefficient (Wildman–Crippen LogP) is 1.60. The first-order valence-corrected chi connectivity index (χ1v) is 12.0. The van der Waals surface area contributed by atoms with Gasteiger partial charge < -0.3 is 10.2 Å². The van der Waals surface area contributed by atoms with Gasteiger partial charge in [-0.3, -0.25) is 24.7 Å². The fourth-order valence-corrected chi connectivity index (χ4v) is 5.14. The van der Waals surface area contributed by atoms with Crippen molar-refractivity contribution in [2.45, 2.75) is 51.0 Å². The molecule has 0 bridgehead atoms. The second-order valence-corrected chi connectivity index (χ2v) is 9.17. The number of hydrogen-bond acceptors (Lipinski definition) is 5. The summed E-state index contributed by atoms with van der Waals surface area (Å²) in [4.78, 5) is 54.9. The molecular weight excluding hydrogens is 422 g/mol. The summed E-state index contributed by atoms with van der Waals surface area (Å²) in [7, 11) is 0. The van der Waals surface area contributed by atoms with Crippen LogP contribution in [-0.2, 0) is 19.9 Å². The van der Waals surface area contributed by atoms with Gasteiger partial charge in [-0.05, 0) is 24.8 Å². The minimum atomic E-state index is -1.18. The van der Waals surface area contributed by atoms with E-state index in [1.807, 2.05) is 34.9 Å². The van der Waals surface area contributed by atoms with Crippen LogP contribution in [0, 0.1) is 5.92 Å². The highest BCUT2D eigenvalue weighted by molar-refractivity contribution is 6.08. The van der Waals surface area contributed by atoms with Gasteiger partial charge in [-0.25, -0.2) is 4.79 Å². The molecule has 1 aromatic carbocycles. The van der Waals surface area contributed by atoms with Crippen molar-refractivity contribution in [2.75, 3.05) is 32.7 Å². The summed E-state index contributed by atoms with van der Waals surface area (Å²) in [6.45, 7) is 4.26. The van der Waals surface area contributed by atoms with Crippen LogP contribution in [0.5, 0.6) is 0 Å². The topological polar surface area (TPSA) is 102 Å². The molecule has 0 radical (unpaired) electrons. The van der Waals surface area contributed by atoms with E-state index >= 15 is 0 Å². The minimum Gasteiger partial charge on any atom is -0.340 e. The molecule has 4 rings (SSSR count). The van der Waals surface area contributed by atoms with Crippen molar-refractivity contribution in [1.29, 1.82) is 0 Å². The molecule has 2 saturated heterocycles. The Balaban J connectivity index is 1.30. The van der Waals surface area contributed by atoms with Gasteiger partial charge in [-0.2, -0.15) is 5.01 Å². The third-order valence-electron chi connectivity index (χ3n) is 7.13. The van der Waals surface area contributed by atoms with Crippen LogP contribution in [0.1, 0.15) is 51.0 Å². The second kappa shape index (κ2) is 9.91. The molecule has 2 heterocycles. The number of imide groups is 1. The van der Waals surface area contributed by atoms with Gasteiger partial charge in [0.25, 0.3) is 11.8 Å². The van der Waals surface area contributed by atoms with Gasteiger partial charge in [-0.1, -0.05) is 56.5 Å². The van der Waals surface area contributed by atoms with Crippen LogP contribution in [0.2, 0.25) is 0 Å². The molecule has 1 aliphatic carbocycles. The smallest absolute Gasteiger partial charge is 0.340 e. The van der Waals surface area contributed by atoms with Gasteiger partial charge in [0, 0.05) is 32.1 Å². The van der Waals surface area contributed by atoms with Crippen molar-refractivity contribution < 1.29 is 19.2 Å². The normalized spacial score (nSPS) is 24.6. The number of piperazine rings is 1. The van der Waals surface area contributed by atoms with E-state index in [1.165, 1.54) is 6.42 Å². The maximum atomic E-state index is 13.1. The van der Waals surface area contributed by atoms with Crippen LogP contribution in [0.3, 0.4) is 0 Å². The molecule has 1 aromatic rings. The summed E-state index contributed by atoms with van der Waals surface area (Å²) in [5.74, 6) is -0.519. The molecule has 0 aromatic heterocycles. The Morgan fingerprint density at radius 3 is 2.33 bits per heavy atom. The number of carbonyl (C=O) groups is 4. The van der Waals surface area contributed by atoms with Crippen LogP contribution in [0.25, 0.3) is 0 Å². The Morgan fingerprint density at radius 2 is 1.70 bits per heavy atom. The van der Waals surface area contributed by atoms with Gasteiger partial charge >= 0.3 is 6.03 Å². The average Bonchev–Trinajstić information content (AvgIpc) is 3.10. The van der Waals surface area contributed by atoms with E-state index in [0.29, 0.717) is 38.2 Å². The molecule has 0 spiro atoms. The number of hydrazine groups is 1. The highest BCUT2D eigenvalue weighted by Gasteiger charge is 2.52. The highest BCUT2D eigenvalue weighted by atomic mass is 16.2. The zero-order chi connectivity index (χ0) is 23.4. The second-order valence-electron chi connectivity index (χ2n) is 9.17. The van der Waals surface area contributed by atoms with Crippen molar-refractivity contribution in [3.8, 4) is 0 Å². The van der Waals surface area contributed by atoms with E-state index in [-0.39, 0.29) is 18.4 Å². The molecule has 178 valence electrons. The van der Waals surface area contributed by atoms with Crippen molar-refractivity contribution in [3.05, 3.63) is 35.9 Å². The summed E-state index contributed by atoms with van der Waals surface area (Å²) in [5, 5.41) is 3.55. The number of carbonyl (C=O) groups excluding carboxylic acids is 4. The molecule has 1 saturated carbocycles. The van der Waals surface area contributed by atoms with E-state index in [9.17, 15) is 19.2 Å². The lowest BCUT2D eigenvalue weighted by molar-refractivity contribution is -0.141. The van der Waals surface area contributed by atoms with Crippen LogP contribution in [-0.4, -0.2) is 71.3 Å². The first-order chi connectivity index (χ1) is 15.9. The highest BCUT2D eigenvalue weighted by Crippen LogP contribution is 2.31. The number of amides is 5. The van der Waals surface area contributed by atoms with E-state index in [0.717, 1.165) is 30.7 Å². The zero-order valence-corrected chi connectivity index (χ0v) is 19.2. The fraction of sp³-hybridized carbons (Fsp3) is 0.583. The van der Waals surface area contributed by atoms with Crippen molar-refractivity contribution in [3.63, 3.8) is 0 Å². The largest absolute Gasteiger partial charge is 0.344 e. The lowest BCUT2D eigenvalue weighted by atomic mass is 9.87. The van der Waals surface area contributed by atoms with Gasteiger partial charge in [0.2, 0.25) is 5.91 Å². The van der Waals surface area contributed by atoms with Crippen LogP contribution in [0.4, 0.5) is 4.79 Å². The summed E-state index contributed by atoms with van der Waals surface area (Å²) in [6.07, 6.45) is 5.80. The van der Waals surface area contributed by atoms with E-state index in [2.05, 4.69) is 10.7 Å². The molecule has 5 amide bonds. The zero-order valence-electron chi connectivity index (χ0n) is 19.2. The molecule has 33 heavy (non-hydrogen) atoms. The first kappa shape index (κ1) is 23.2. The Labute approximate surface area is 194 Å². The maximum absolute atomic E-state index is 13.1. The monoisotopic (exact) mass is 455 g/mol. The van der Waals surface area contributed by atoms with E-state index in [1.54, 1.807) is 12.1 Å². The SMILES string of the molecule is CCC1(c2ccccc2)NC(=O)N(NC(=O)CN2CCN(C(=O)C3CCCCC3)CC2)C1=O. The van der Waals surface area contributed by atoms with Crippen LogP contribution in [0.15, 0.2) is 30.3 Å². The third kappa shape index (κ3) is 4.73. The lowest BCUT2D eigenvalue weighted by Crippen LogP contribution is -2.55. The standard InChI is InChI=1S/C24H33N5O4/c1-2-24(19-11-7-4-8-12-19)22(32)29(23(33)25-24)26-20(30)17-27-13-15-28(16-14-27)21(31)18-9-5-3-6-10-18/h4,7-8,11-12,18H,2-3,5-6,9-10,13-17H2,1H3,(H,25,33)(H,26,30). The summed E-state index contributed by atoms with van der Waals surface area (Å²) >= 11 is 0. The molecular formula is C24H33N5O4. The third-order valence-corrected chi connectivity index (χ3v) is 7.13. The van der Waals surface area contributed by atoms with Gasteiger partial charge in [-0.15, -0.1) is 0 Å². The van der Waals surface area contributed by atoms with E-state index < -0.39 is 23.4 Å². The number of urea groups is 1. The van der Waals surface area contributed by atoms with Crippen LogP contribution >= 0.6 is 0 Å². The Bertz CT molecular complexity index is 893. The Hall–Kier alpha value is -2.94. The molecule has 3 aliphatic rings. The number of benzene rings is 1. The number of hydrogen-bond donors (Lipinski definition) is 2. The summed E-state index contributed by atoms with van der Waals surface area (Å²) < 4.78 is 0. The molecule has 9 nitrogen and oxygen atoms in total. The number of nitrogens with zero attached hydrogens (tertiary/aromatic N) is 3. The molecule has 2 N–H and O–H groups in total.